The van der Waals surface area contributed by atoms with E-state index in [0.717, 1.165) is 10.5 Å². The quantitative estimate of drug-likeness (QED) is 0.456. The first-order valence-electron chi connectivity index (χ1n) is 2.70. The van der Waals surface area contributed by atoms with Gasteiger partial charge < -0.3 is 12.4 Å². The van der Waals surface area contributed by atoms with Gasteiger partial charge >= 0.3 is 72.3 Å². The van der Waals surface area contributed by atoms with Gasteiger partial charge in [0.15, 0.2) is 0 Å². The summed E-state index contributed by atoms with van der Waals surface area (Å²) in [4.78, 5) is 0. The van der Waals surface area contributed by atoms with E-state index >= 15 is 0 Å². The molecule has 0 aliphatic carbocycles. The summed E-state index contributed by atoms with van der Waals surface area (Å²) in [6.45, 7) is 0. The Labute approximate surface area is 84.5 Å². The number of hydrogen-bond donors (Lipinski definition) is 0. The van der Waals surface area contributed by atoms with Crippen molar-refractivity contribution in [2.75, 3.05) is 0 Å². The Hall–Kier alpha value is 0.339. The summed E-state index contributed by atoms with van der Waals surface area (Å²) < 4.78 is 5.57. The van der Waals surface area contributed by atoms with E-state index in [1.165, 1.54) is 4.70 Å². The number of fused-ring (bicyclic) bond motifs is 1. The van der Waals surface area contributed by atoms with Gasteiger partial charge in [0.25, 0.3) is 0 Å². The molecule has 1 nitrogen and oxygen atoms in total. The predicted molar refractivity (Wildman–Crippen MR) is 46.0 cm³/mol. The fraction of sp³-hybridized carbons (Fsp3) is 0. The van der Waals surface area contributed by atoms with E-state index < -0.39 is 0 Å². The molecule has 0 aliphatic rings. The molecule has 1 aromatic heterocycles. The van der Waals surface area contributed by atoms with Gasteiger partial charge in [-0.2, -0.15) is 0 Å². The van der Waals surface area contributed by atoms with Crippen LogP contribution in [0.5, 0.6) is 0 Å². The van der Waals surface area contributed by atoms with Gasteiger partial charge in [0.2, 0.25) is 0 Å². The molecule has 0 bridgehead atoms. The van der Waals surface area contributed by atoms with Gasteiger partial charge in [0.1, 0.15) is 0 Å². The monoisotopic (exact) mass is 271 g/mol. The van der Waals surface area contributed by atoms with E-state index in [1.807, 2.05) is 27.9 Å². The van der Waals surface area contributed by atoms with Crippen LogP contribution in [0.4, 0.5) is 0 Å². The molecule has 58 valence electrons. The number of hydrogen-bond acceptors (Lipinski definition) is 1. The third kappa shape index (κ3) is 1.92. The number of halogens is 2. The molecule has 0 N–H and O–H groups in total. The van der Waals surface area contributed by atoms with E-state index in [-0.39, 0.29) is 12.4 Å². The smallest absolute Gasteiger partial charge is 1.00 e. The molecular formula is C6H3Cl2NSSe. The van der Waals surface area contributed by atoms with Gasteiger partial charge in [-0.1, -0.05) is 0 Å². The van der Waals surface area contributed by atoms with E-state index in [1.54, 1.807) is 0 Å². The largest absolute Gasteiger partial charge is 1.00 e. The Morgan fingerprint density at radius 3 is 3.09 bits per heavy atom. The van der Waals surface area contributed by atoms with Crippen molar-refractivity contribution in [1.82, 2.24) is 3.98 Å². The third-order valence-corrected chi connectivity index (χ3v) is 4.57. The second-order valence-electron chi connectivity index (χ2n) is 1.86. The van der Waals surface area contributed by atoms with Crippen LogP contribution in [0.3, 0.4) is 0 Å². The molecular weight excluding hydrogens is 268 g/mol. The van der Waals surface area contributed by atoms with E-state index in [9.17, 15) is 0 Å². The summed E-state index contributed by atoms with van der Waals surface area (Å²) in [5.74, 6) is 0. The fourth-order valence-corrected chi connectivity index (χ4v) is 3.99. The summed E-state index contributed by atoms with van der Waals surface area (Å²) in [6, 6.07) is 5.85. The van der Waals surface area contributed by atoms with Crippen LogP contribution in [0.15, 0.2) is 18.2 Å². The molecule has 0 fully saturated rings. The zero-order chi connectivity index (χ0) is 6.97. The molecule has 0 spiro atoms. The molecule has 1 aromatic carbocycles. The molecule has 5 heteroatoms. The summed E-state index contributed by atoms with van der Waals surface area (Å²) in [6.07, 6.45) is 0. The van der Waals surface area contributed by atoms with Crippen molar-refractivity contribution in [2.45, 2.75) is 0 Å². The van der Waals surface area contributed by atoms with E-state index in [4.69, 9.17) is 11.6 Å². The maximum Gasteiger partial charge on any atom is -1.00 e. The van der Waals surface area contributed by atoms with Gasteiger partial charge in [-0.25, -0.2) is 0 Å². The maximum atomic E-state index is 5.76. The van der Waals surface area contributed by atoms with E-state index in [0.29, 0.717) is 13.6 Å². The van der Waals surface area contributed by atoms with Crippen molar-refractivity contribution in [3.63, 3.8) is 0 Å². The molecule has 0 saturated carbocycles. The van der Waals surface area contributed by atoms with Crippen LogP contribution in [0, 0.1) is 0 Å². The summed E-state index contributed by atoms with van der Waals surface area (Å²) >= 11 is 6.12. The molecule has 0 atom stereocenters. The van der Waals surface area contributed by atoms with Crippen LogP contribution >= 0.6 is 21.3 Å². The minimum atomic E-state index is 0. The average molecular weight is 271 g/mol. The van der Waals surface area contributed by atoms with Gasteiger partial charge in [-0.05, 0) is 0 Å². The molecule has 0 unspecified atom stereocenters. The number of benzene rings is 1. The van der Waals surface area contributed by atoms with Crippen molar-refractivity contribution >= 4 is 45.1 Å². The van der Waals surface area contributed by atoms with Crippen LogP contribution < -0.4 is 12.4 Å². The summed E-state index contributed by atoms with van der Waals surface area (Å²) in [5, 5.41) is 0.779. The fourth-order valence-electron chi connectivity index (χ4n) is 0.731. The first kappa shape index (κ1) is 9.43. The minimum Gasteiger partial charge on any atom is -1.00 e. The van der Waals surface area contributed by atoms with Crippen molar-refractivity contribution in [3.05, 3.63) is 23.2 Å². The topological polar surface area (TPSA) is 12.9 Å². The Morgan fingerprint density at radius 1 is 1.45 bits per heavy atom. The van der Waals surface area contributed by atoms with Crippen molar-refractivity contribution in [1.29, 1.82) is 0 Å². The maximum absolute atomic E-state index is 5.76. The molecule has 0 saturated heterocycles. The first-order chi connectivity index (χ1) is 4.86. The average Bonchev–Trinajstić information content (AvgIpc) is 2.33. The van der Waals surface area contributed by atoms with Crippen LogP contribution in [0.25, 0.3) is 10.2 Å². The van der Waals surface area contributed by atoms with Gasteiger partial charge in [-0.15, -0.1) is 0 Å². The molecule has 11 heavy (non-hydrogen) atoms. The number of aromatic nitrogens is 1. The van der Waals surface area contributed by atoms with Crippen LogP contribution in [0.1, 0.15) is 0 Å². The molecule has 0 radical (unpaired) electrons. The van der Waals surface area contributed by atoms with Gasteiger partial charge in [0, 0.05) is 0 Å². The first-order valence-corrected chi connectivity index (χ1v) is 6.69. The number of rotatable bonds is 0. The number of nitrogens with zero attached hydrogens (tertiary/aromatic N) is 1. The van der Waals surface area contributed by atoms with Crippen molar-refractivity contribution < 1.29 is 12.4 Å². The Morgan fingerprint density at radius 2 is 2.27 bits per heavy atom. The van der Waals surface area contributed by atoms with Gasteiger partial charge in [-0.3, -0.25) is 0 Å². The Bertz CT molecular complexity index is 362. The zero-order valence-electron chi connectivity index (χ0n) is 5.25. The van der Waals surface area contributed by atoms with Crippen molar-refractivity contribution in [3.8, 4) is 0 Å². The summed E-state index contributed by atoms with van der Waals surface area (Å²) in [7, 11) is 1.81. The minimum absolute atomic E-state index is 0. The Kier molecular flexibility index (Phi) is 3.28. The Balaban J connectivity index is 0.000000605. The second-order valence-corrected chi connectivity index (χ2v) is 5.42. The predicted octanol–water partition coefficient (Wildman–Crippen LogP) is -0.708. The van der Waals surface area contributed by atoms with Crippen LogP contribution in [-0.2, 0) is 0 Å². The normalized spacial score (nSPS) is 9.55. The SMILES string of the molecule is Clc1ccc2[s+][se]nc2c1.[Cl-]. The van der Waals surface area contributed by atoms with Crippen LogP contribution in [-0.4, -0.2) is 17.6 Å². The third-order valence-electron chi connectivity index (χ3n) is 1.18. The van der Waals surface area contributed by atoms with Crippen molar-refractivity contribution in [2.24, 2.45) is 0 Å². The molecule has 0 amide bonds. The second kappa shape index (κ2) is 3.83. The molecule has 1 heterocycles. The molecule has 0 aliphatic heterocycles. The van der Waals surface area contributed by atoms with E-state index in [2.05, 4.69) is 3.98 Å². The standard InChI is InChI=1S/C6H3ClNSSe.ClH/c7-4-1-2-6-5(3-4)8-10-9-6;/h1-3H;1H/q+1;/p-1. The molecule has 2 aromatic rings. The molecule has 2 rings (SSSR count). The van der Waals surface area contributed by atoms with Gasteiger partial charge in [0.05, 0.1) is 0 Å². The van der Waals surface area contributed by atoms with Crippen LogP contribution in [0.2, 0.25) is 5.02 Å². The zero-order valence-corrected chi connectivity index (χ0v) is 9.29. The summed E-state index contributed by atoms with van der Waals surface area (Å²) in [5.41, 5.74) is 1.07.